The van der Waals surface area contributed by atoms with Crippen molar-refractivity contribution < 1.29 is 18.0 Å². The van der Waals surface area contributed by atoms with Crippen LogP contribution in [0.4, 0.5) is 19.0 Å². The molecule has 0 unspecified atom stereocenters. The molecule has 0 spiro atoms. The van der Waals surface area contributed by atoms with E-state index in [2.05, 4.69) is 15.7 Å². The summed E-state index contributed by atoms with van der Waals surface area (Å²) in [7, 11) is 0. The number of aromatic nitrogens is 2. The van der Waals surface area contributed by atoms with Gasteiger partial charge in [0, 0.05) is 12.3 Å². The Labute approximate surface area is 114 Å². The lowest BCUT2D eigenvalue weighted by atomic mass is 9.94. The quantitative estimate of drug-likeness (QED) is 0.889. The first-order valence-corrected chi connectivity index (χ1v) is 6.41. The van der Waals surface area contributed by atoms with Gasteiger partial charge in [-0.05, 0) is 18.4 Å². The van der Waals surface area contributed by atoms with Gasteiger partial charge in [0.05, 0.1) is 6.04 Å². The second-order valence-electron chi connectivity index (χ2n) is 5.23. The van der Waals surface area contributed by atoms with E-state index in [-0.39, 0.29) is 23.7 Å². The van der Waals surface area contributed by atoms with E-state index in [1.165, 1.54) is 12.3 Å². The minimum Gasteiger partial charge on any atom is -0.308 e. The van der Waals surface area contributed by atoms with Gasteiger partial charge in [0.1, 0.15) is 6.54 Å². The second kappa shape index (κ2) is 5.43. The van der Waals surface area contributed by atoms with Crippen molar-refractivity contribution in [1.82, 2.24) is 15.1 Å². The summed E-state index contributed by atoms with van der Waals surface area (Å²) < 4.78 is 37.3. The number of hydrogen-bond donors (Lipinski definition) is 2. The highest BCUT2D eigenvalue weighted by molar-refractivity contribution is 5.94. The van der Waals surface area contributed by atoms with Crippen LogP contribution < -0.4 is 10.6 Å². The highest BCUT2D eigenvalue weighted by Crippen LogP contribution is 2.22. The molecule has 0 saturated carbocycles. The molecule has 2 rings (SSSR count). The Morgan fingerprint density at radius 1 is 1.55 bits per heavy atom. The van der Waals surface area contributed by atoms with Gasteiger partial charge in [-0.25, -0.2) is 0 Å². The fraction of sp³-hybridized carbons (Fsp3) is 0.667. The number of halogens is 3. The van der Waals surface area contributed by atoms with E-state index in [0.717, 1.165) is 11.2 Å². The zero-order valence-electron chi connectivity index (χ0n) is 11.2. The molecule has 1 fully saturated rings. The highest BCUT2D eigenvalue weighted by Gasteiger charge is 2.34. The Morgan fingerprint density at radius 2 is 2.25 bits per heavy atom. The molecule has 0 aliphatic carbocycles. The van der Waals surface area contributed by atoms with Crippen LogP contribution >= 0.6 is 0 Å². The minimum absolute atomic E-state index is 0.132. The Hall–Kier alpha value is -1.57. The van der Waals surface area contributed by atoms with Gasteiger partial charge in [0.25, 0.3) is 0 Å². The molecular formula is C12H17F3N4O. The zero-order chi connectivity index (χ0) is 14.9. The van der Waals surface area contributed by atoms with Gasteiger partial charge < -0.3 is 10.6 Å². The van der Waals surface area contributed by atoms with Gasteiger partial charge in [-0.1, -0.05) is 13.8 Å². The second-order valence-corrected chi connectivity index (χ2v) is 5.23. The molecule has 1 amide bonds. The maximum atomic E-state index is 12.2. The van der Waals surface area contributed by atoms with E-state index in [4.69, 9.17) is 0 Å². The van der Waals surface area contributed by atoms with Crippen LogP contribution in [-0.2, 0) is 11.3 Å². The Bertz CT molecular complexity index is 485. The van der Waals surface area contributed by atoms with Gasteiger partial charge in [-0.2, -0.15) is 18.3 Å². The third-order valence-corrected chi connectivity index (χ3v) is 3.60. The molecule has 1 aromatic heterocycles. The van der Waals surface area contributed by atoms with Crippen molar-refractivity contribution in [2.24, 2.45) is 11.8 Å². The molecule has 2 N–H and O–H groups in total. The Balaban J connectivity index is 1.95. The van der Waals surface area contributed by atoms with Crippen molar-refractivity contribution in [3.05, 3.63) is 12.3 Å². The molecule has 1 saturated heterocycles. The summed E-state index contributed by atoms with van der Waals surface area (Å²) in [6, 6.07) is 1.02. The lowest BCUT2D eigenvalue weighted by molar-refractivity contribution is -0.142. The SMILES string of the molecule is C[C@@H]1[C@H](C)CN[C@@H]1C(=O)Nc1ccn(CC(F)(F)F)n1. The van der Waals surface area contributed by atoms with Crippen LogP contribution in [0.2, 0.25) is 0 Å². The first kappa shape index (κ1) is 14.8. The molecular weight excluding hydrogens is 273 g/mol. The standard InChI is InChI=1S/C12H17F3N4O/c1-7-5-16-10(8(7)2)11(20)17-9-3-4-19(18-9)6-12(13,14)15/h3-4,7-8,10,16H,5-6H2,1-2H3,(H,17,18,20)/t7-,8-,10+/m1/s1. The number of hydrogen-bond acceptors (Lipinski definition) is 3. The lowest BCUT2D eigenvalue weighted by Crippen LogP contribution is -2.39. The first-order chi connectivity index (χ1) is 9.26. The van der Waals surface area contributed by atoms with Gasteiger partial charge in [-0.3, -0.25) is 9.48 Å². The van der Waals surface area contributed by atoms with Crippen LogP contribution in [0.25, 0.3) is 0 Å². The molecule has 0 radical (unpaired) electrons. The topological polar surface area (TPSA) is 59.0 Å². The Kier molecular flexibility index (Phi) is 4.03. The molecule has 0 aromatic carbocycles. The van der Waals surface area contributed by atoms with Crippen LogP contribution in [0.15, 0.2) is 12.3 Å². The maximum Gasteiger partial charge on any atom is 0.408 e. The summed E-state index contributed by atoms with van der Waals surface area (Å²) >= 11 is 0. The Morgan fingerprint density at radius 3 is 2.80 bits per heavy atom. The fourth-order valence-corrected chi connectivity index (χ4v) is 2.25. The van der Waals surface area contributed by atoms with Gasteiger partial charge >= 0.3 is 6.18 Å². The number of nitrogens with one attached hydrogen (secondary N) is 2. The van der Waals surface area contributed by atoms with E-state index in [0.29, 0.717) is 5.92 Å². The van der Waals surface area contributed by atoms with Crippen molar-refractivity contribution in [2.75, 3.05) is 11.9 Å². The number of amides is 1. The van der Waals surface area contributed by atoms with Crippen molar-refractivity contribution >= 4 is 11.7 Å². The largest absolute Gasteiger partial charge is 0.408 e. The predicted molar refractivity (Wildman–Crippen MR) is 67.0 cm³/mol. The van der Waals surface area contributed by atoms with Crippen molar-refractivity contribution in [1.29, 1.82) is 0 Å². The third-order valence-electron chi connectivity index (χ3n) is 3.60. The summed E-state index contributed by atoms with van der Waals surface area (Å²) in [4.78, 5) is 12.0. The average molecular weight is 290 g/mol. The molecule has 2 heterocycles. The van der Waals surface area contributed by atoms with E-state index in [1.807, 2.05) is 13.8 Å². The van der Waals surface area contributed by atoms with E-state index in [1.54, 1.807) is 0 Å². The molecule has 1 aliphatic rings. The molecule has 8 heteroatoms. The van der Waals surface area contributed by atoms with Crippen LogP contribution in [0, 0.1) is 11.8 Å². The molecule has 0 bridgehead atoms. The number of rotatable bonds is 3. The zero-order valence-corrected chi connectivity index (χ0v) is 11.2. The third kappa shape index (κ3) is 3.50. The molecule has 1 aromatic rings. The molecule has 20 heavy (non-hydrogen) atoms. The van der Waals surface area contributed by atoms with Gasteiger partial charge in [-0.15, -0.1) is 0 Å². The van der Waals surface area contributed by atoms with E-state index in [9.17, 15) is 18.0 Å². The van der Waals surface area contributed by atoms with E-state index >= 15 is 0 Å². The highest BCUT2D eigenvalue weighted by atomic mass is 19.4. The monoisotopic (exact) mass is 290 g/mol. The van der Waals surface area contributed by atoms with E-state index < -0.39 is 12.7 Å². The summed E-state index contributed by atoms with van der Waals surface area (Å²) in [5, 5.41) is 9.32. The number of nitrogens with zero attached hydrogens (tertiary/aromatic N) is 2. The van der Waals surface area contributed by atoms with Crippen molar-refractivity contribution in [3.63, 3.8) is 0 Å². The minimum atomic E-state index is -4.33. The number of anilines is 1. The number of carbonyl (C=O) groups excluding carboxylic acids is 1. The van der Waals surface area contributed by atoms with Crippen LogP contribution in [-0.4, -0.2) is 34.5 Å². The average Bonchev–Trinajstić information content (AvgIpc) is 2.86. The van der Waals surface area contributed by atoms with Crippen molar-refractivity contribution in [2.45, 2.75) is 32.6 Å². The first-order valence-electron chi connectivity index (χ1n) is 6.41. The number of carbonyl (C=O) groups is 1. The number of alkyl halides is 3. The molecule has 1 aliphatic heterocycles. The normalized spacial score (nSPS) is 26.8. The van der Waals surface area contributed by atoms with Crippen molar-refractivity contribution in [3.8, 4) is 0 Å². The summed E-state index contributed by atoms with van der Waals surface area (Å²) in [6.45, 7) is 3.60. The maximum absolute atomic E-state index is 12.2. The molecule has 5 nitrogen and oxygen atoms in total. The lowest BCUT2D eigenvalue weighted by Gasteiger charge is -2.16. The summed E-state index contributed by atoms with van der Waals surface area (Å²) in [5.41, 5.74) is 0. The predicted octanol–water partition coefficient (Wildman–Crippen LogP) is 1.63. The van der Waals surface area contributed by atoms with Gasteiger partial charge in [0.15, 0.2) is 5.82 Å². The van der Waals surface area contributed by atoms with Crippen LogP contribution in [0.5, 0.6) is 0 Å². The smallest absolute Gasteiger partial charge is 0.308 e. The molecule has 112 valence electrons. The van der Waals surface area contributed by atoms with Gasteiger partial charge in [0.2, 0.25) is 5.91 Å². The summed E-state index contributed by atoms with van der Waals surface area (Å²) in [6.07, 6.45) is -3.14. The molecule has 3 atom stereocenters. The summed E-state index contributed by atoms with van der Waals surface area (Å²) in [5.74, 6) is 0.424. The van der Waals surface area contributed by atoms with Crippen LogP contribution in [0.1, 0.15) is 13.8 Å². The van der Waals surface area contributed by atoms with Crippen LogP contribution in [0.3, 0.4) is 0 Å². The fourth-order valence-electron chi connectivity index (χ4n) is 2.25.